The Morgan fingerprint density at radius 1 is 1.26 bits per heavy atom. The van der Waals surface area contributed by atoms with E-state index < -0.39 is 0 Å². The largest absolute Gasteiger partial charge is 0.496 e. The van der Waals surface area contributed by atoms with E-state index >= 15 is 0 Å². The zero-order valence-corrected chi connectivity index (χ0v) is 14.5. The summed E-state index contributed by atoms with van der Waals surface area (Å²) >= 11 is 2.78. The van der Waals surface area contributed by atoms with Gasteiger partial charge in [-0.15, -0.1) is 11.3 Å². The van der Waals surface area contributed by atoms with Crippen molar-refractivity contribution in [2.24, 2.45) is 0 Å². The molecule has 7 heteroatoms. The molecule has 3 rings (SSSR count). The summed E-state index contributed by atoms with van der Waals surface area (Å²) < 4.78 is 11.2. The first-order valence-electron chi connectivity index (χ1n) is 6.74. The second-order valence-electron chi connectivity index (χ2n) is 4.57. The monoisotopic (exact) mass is 346 g/mol. The molecule has 0 fully saturated rings. The van der Waals surface area contributed by atoms with E-state index in [1.807, 2.05) is 30.5 Å². The van der Waals surface area contributed by atoms with E-state index in [1.54, 1.807) is 13.3 Å². The minimum atomic E-state index is -0.389. The molecule has 2 aromatic heterocycles. The fraction of sp³-hybridized carbons (Fsp3) is 0.188. The van der Waals surface area contributed by atoms with Gasteiger partial charge in [-0.2, -0.15) is 0 Å². The molecule has 0 atom stereocenters. The molecule has 23 heavy (non-hydrogen) atoms. The molecule has 0 aliphatic rings. The molecule has 2 heterocycles. The van der Waals surface area contributed by atoms with Crippen LogP contribution in [-0.4, -0.2) is 36.4 Å². The number of para-hydroxylation sites is 1. The molecule has 0 radical (unpaired) electrons. The summed E-state index contributed by atoms with van der Waals surface area (Å²) in [6, 6.07) is 7.56. The minimum Gasteiger partial charge on any atom is -0.496 e. The third-order valence-corrected chi connectivity index (χ3v) is 4.99. The summed E-state index contributed by atoms with van der Waals surface area (Å²) in [6.07, 6.45) is 3.65. The first-order chi connectivity index (χ1) is 11.2. The summed E-state index contributed by atoms with van der Waals surface area (Å²) in [5.41, 5.74) is 2.28. The van der Waals surface area contributed by atoms with Crippen LogP contribution in [0.15, 0.2) is 35.6 Å². The number of fused-ring (bicyclic) bond motifs is 1. The Hall–Kier alpha value is -2.12. The van der Waals surface area contributed by atoms with Crippen LogP contribution >= 0.6 is 23.1 Å². The Kier molecular flexibility index (Phi) is 4.49. The van der Waals surface area contributed by atoms with Gasteiger partial charge in [0.1, 0.15) is 10.6 Å². The molecule has 0 aliphatic heterocycles. The molecule has 0 saturated carbocycles. The van der Waals surface area contributed by atoms with Crippen molar-refractivity contribution in [1.82, 2.24) is 9.97 Å². The van der Waals surface area contributed by atoms with E-state index in [0.29, 0.717) is 15.8 Å². The van der Waals surface area contributed by atoms with Crippen molar-refractivity contribution in [1.29, 1.82) is 0 Å². The van der Waals surface area contributed by atoms with E-state index in [9.17, 15) is 4.79 Å². The lowest BCUT2D eigenvalue weighted by Crippen LogP contribution is -2.01. The number of carbonyl (C=O) groups excluding carboxylic acids is 1. The Morgan fingerprint density at radius 3 is 2.74 bits per heavy atom. The maximum Gasteiger partial charge on any atom is 0.348 e. The molecule has 0 saturated heterocycles. The number of ether oxygens (including phenoxy) is 2. The summed E-state index contributed by atoms with van der Waals surface area (Å²) in [4.78, 5) is 21.6. The van der Waals surface area contributed by atoms with Gasteiger partial charge in [-0.3, -0.25) is 0 Å². The molecular weight excluding hydrogens is 332 g/mol. The Bertz CT molecular complexity index is 877. The van der Waals surface area contributed by atoms with Gasteiger partial charge in [0.15, 0.2) is 5.16 Å². The molecule has 118 valence electrons. The molecule has 0 N–H and O–H groups in total. The number of methoxy groups -OCH3 is 2. The van der Waals surface area contributed by atoms with Gasteiger partial charge in [0.05, 0.1) is 24.4 Å². The molecule has 3 aromatic rings. The average Bonchev–Trinajstić information content (AvgIpc) is 2.99. The topological polar surface area (TPSA) is 61.3 Å². The van der Waals surface area contributed by atoms with Gasteiger partial charge in [0.2, 0.25) is 0 Å². The Balaban J connectivity index is 2.37. The number of thiophene rings is 1. The number of rotatable bonds is 4. The second kappa shape index (κ2) is 6.55. The number of thioether (sulfide) groups is 1. The maximum atomic E-state index is 12.2. The van der Waals surface area contributed by atoms with Gasteiger partial charge in [-0.05, 0) is 12.3 Å². The number of nitrogens with zero attached hydrogens (tertiary/aromatic N) is 2. The van der Waals surface area contributed by atoms with Crippen LogP contribution < -0.4 is 4.74 Å². The number of esters is 1. The predicted octanol–water partition coefficient (Wildman–Crippen LogP) is 3.88. The van der Waals surface area contributed by atoms with E-state index in [2.05, 4.69) is 9.97 Å². The van der Waals surface area contributed by atoms with Crippen LogP contribution in [0.2, 0.25) is 0 Å². The highest BCUT2D eigenvalue weighted by Crippen LogP contribution is 2.42. The molecule has 0 bridgehead atoms. The zero-order chi connectivity index (χ0) is 16.4. The highest BCUT2D eigenvalue weighted by Gasteiger charge is 2.24. The van der Waals surface area contributed by atoms with Gasteiger partial charge < -0.3 is 9.47 Å². The fourth-order valence-electron chi connectivity index (χ4n) is 2.31. The Morgan fingerprint density at radius 2 is 2.04 bits per heavy atom. The summed E-state index contributed by atoms with van der Waals surface area (Å²) in [6.45, 7) is 0. The fourth-order valence-corrected chi connectivity index (χ4v) is 3.70. The lowest BCUT2D eigenvalue weighted by atomic mass is 10.0. The van der Waals surface area contributed by atoms with Crippen LogP contribution in [0.1, 0.15) is 9.67 Å². The van der Waals surface area contributed by atoms with Crippen molar-refractivity contribution in [2.45, 2.75) is 5.16 Å². The number of aromatic nitrogens is 2. The summed E-state index contributed by atoms with van der Waals surface area (Å²) in [7, 11) is 2.98. The number of benzene rings is 1. The van der Waals surface area contributed by atoms with Gasteiger partial charge in [0.25, 0.3) is 0 Å². The van der Waals surface area contributed by atoms with Crippen molar-refractivity contribution in [3.63, 3.8) is 0 Å². The molecular formula is C16H14N2O3S2. The molecule has 0 aliphatic carbocycles. The maximum absolute atomic E-state index is 12.2. The molecule has 1 aromatic carbocycles. The van der Waals surface area contributed by atoms with E-state index in [-0.39, 0.29) is 5.97 Å². The highest BCUT2D eigenvalue weighted by atomic mass is 32.2. The number of hydrogen-bond donors (Lipinski definition) is 0. The standard InChI is InChI=1S/C16H14N2O3S2/c1-20-10-7-5-4-6-9(10)12-13-11(8-17-16(18-13)22-3)23-14(12)15(19)21-2/h4-8H,1-3H3. The third kappa shape index (κ3) is 2.77. The average molecular weight is 346 g/mol. The van der Waals surface area contributed by atoms with Gasteiger partial charge >= 0.3 is 5.97 Å². The first-order valence-corrected chi connectivity index (χ1v) is 8.79. The van der Waals surface area contributed by atoms with Crippen molar-refractivity contribution in [3.8, 4) is 16.9 Å². The molecule has 0 unspecified atom stereocenters. The van der Waals surface area contributed by atoms with Crippen molar-refractivity contribution in [2.75, 3.05) is 20.5 Å². The quantitative estimate of drug-likeness (QED) is 0.406. The Labute approximate surface area is 141 Å². The molecule has 0 spiro atoms. The first kappa shape index (κ1) is 15.8. The summed E-state index contributed by atoms with van der Waals surface area (Å²) in [5, 5.41) is 0.655. The second-order valence-corrected chi connectivity index (χ2v) is 6.39. The SMILES string of the molecule is COC(=O)c1sc2cnc(SC)nc2c1-c1ccccc1OC. The van der Waals surface area contributed by atoms with Crippen LogP contribution in [0.25, 0.3) is 21.3 Å². The third-order valence-electron chi connectivity index (χ3n) is 3.34. The minimum absolute atomic E-state index is 0.389. The molecule has 5 nitrogen and oxygen atoms in total. The van der Waals surface area contributed by atoms with E-state index in [1.165, 1.54) is 30.2 Å². The number of carbonyl (C=O) groups is 1. The van der Waals surface area contributed by atoms with Crippen LogP contribution in [0.4, 0.5) is 0 Å². The normalized spacial score (nSPS) is 10.7. The van der Waals surface area contributed by atoms with Gasteiger partial charge in [0, 0.05) is 17.3 Å². The smallest absolute Gasteiger partial charge is 0.348 e. The summed E-state index contributed by atoms with van der Waals surface area (Å²) in [5.74, 6) is 0.293. The van der Waals surface area contributed by atoms with Crippen LogP contribution in [0, 0.1) is 0 Å². The van der Waals surface area contributed by atoms with E-state index in [4.69, 9.17) is 9.47 Å². The predicted molar refractivity (Wildman–Crippen MR) is 92.5 cm³/mol. The highest BCUT2D eigenvalue weighted by molar-refractivity contribution is 7.98. The number of hydrogen-bond acceptors (Lipinski definition) is 7. The van der Waals surface area contributed by atoms with Crippen molar-refractivity contribution >= 4 is 39.3 Å². The molecule has 0 amide bonds. The van der Waals surface area contributed by atoms with Crippen LogP contribution in [0.3, 0.4) is 0 Å². The van der Waals surface area contributed by atoms with Gasteiger partial charge in [-0.25, -0.2) is 14.8 Å². The van der Waals surface area contributed by atoms with Crippen LogP contribution in [0.5, 0.6) is 5.75 Å². The lowest BCUT2D eigenvalue weighted by molar-refractivity contribution is 0.0607. The van der Waals surface area contributed by atoms with E-state index in [0.717, 1.165) is 21.3 Å². The zero-order valence-electron chi connectivity index (χ0n) is 12.8. The van der Waals surface area contributed by atoms with Gasteiger partial charge in [-0.1, -0.05) is 30.0 Å². The van der Waals surface area contributed by atoms with Crippen molar-refractivity contribution < 1.29 is 14.3 Å². The lowest BCUT2D eigenvalue weighted by Gasteiger charge is -2.09. The van der Waals surface area contributed by atoms with Crippen molar-refractivity contribution in [3.05, 3.63) is 35.3 Å². The van der Waals surface area contributed by atoms with Crippen LogP contribution in [-0.2, 0) is 4.74 Å².